The summed E-state index contributed by atoms with van der Waals surface area (Å²) >= 11 is 0. The van der Waals surface area contributed by atoms with Gasteiger partial charge in [-0.15, -0.1) is 0 Å². The Morgan fingerprint density at radius 1 is 1.11 bits per heavy atom. The van der Waals surface area contributed by atoms with Crippen LogP contribution in [0.2, 0.25) is 0 Å². The number of benzene rings is 2. The second kappa shape index (κ2) is 9.40. The Kier molecular flexibility index (Phi) is 6.69. The Bertz CT molecular complexity index is 834. The van der Waals surface area contributed by atoms with Crippen molar-refractivity contribution >= 4 is 11.9 Å². The third kappa shape index (κ3) is 5.12. The Balaban J connectivity index is 1.64. The van der Waals surface area contributed by atoms with E-state index >= 15 is 0 Å². The van der Waals surface area contributed by atoms with Gasteiger partial charge in [0.2, 0.25) is 0 Å². The number of carbonyl (C=O) groups is 2. The lowest BCUT2D eigenvalue weighted by atomic mass is 9.89. The summed E-state index contributed by atoms with van der Waals surface area (Å²) in [6, 6.07) is 15.9. The van der Waals surface area contributed by atoms with Crippen molar-refractivity contribution < 1.29 is 9.59 Å². The zero-order valence-corrected chi connectivity index (χ0v) is 16.7. The molecule has 1 heterocycles. The highest BCUT2D eigenvalue weighted by atomic mass is 16.2. The molecule has 2 aromatic carbocycles. The largest absolute Gasteiger partial charge is 0.348 e. The third-order valence-electron chi connectivity index (χ3n) is 5.19. The van der Waals surface area contributed by atoms with Gasteiger partial charge in [-0.3, -0.25) is 4.79 Å². The van der Waals surface area contributed by atoms with E-state index in [1.165, 1.54) is 5.56 Å². The highest BCUT2D eigenvalue weighted by Crippen LogP contribution is 2.27. The SMILES string of the molecule is CCNC(=O)N1CCC[C@@H](c2cccc(C(=O)NCc3cccc(C)c3)c2)C1. The topological polar surface area (TPSA) is 61.4 Å². The van der Waals surface area contributed by atoms with E-state index < -0.39 is 0 Å². The maximum Gasteiger partial charge on any atom is 0.317 e. The van der Waals surface area contributed by atoms with Crippen LogP contribution in [0.4, 0.5) is 4.79 Å². The summed E-state index contributed by atoms with van der Waals surface area (Å²) < 4.78 is 0. The molecule has 1 atom stereocenters. The van der Waals surface area contributed by atoms with Gasteiger partial charge >= 0.3 is 6.03 Å². The quantitative estimate of drug-likeness (QED) is 0.829. The molecule has 5 nitrogen and oxygen atoms in total. The van der Waals surface area contributed by atoms with Crippen LogP contribution in [0.1, 0.15) is 52.7 Å². The number of piperidine rings is 1. The smallest absolute Gasteiger partial charge is 0.317 e. The molecule has 0 bridgehead atoms. The van der Waals surface area contributed by atoms with Gasteiger partial charge < -0.3 is 15.5 Å². The van der Waals surface area contributed by atoms with Gasteiger partial charge in [-0.25, -0.2) is 4.79 Å². The molecule has 28 heavy (non-hydrogen) atoms. The molecular weight excluding hydrogens is 350 g/mol. The number of nitrogens with one attached hydrogen (secondary N) is 2. The Morgan fingerprint density at radius 2 is 1.93 bits per heavy atom. The van der Waals surface area contributed by atoms with E-state index in [-0.39, 0.29) is 17.9 Å². The van der Waals surface area contributed by atoms with Crippen LogP contribution in [0.15, 0.2) is 48.5 Å². The summed E-state index contributed by atoms with van der Waals surface area (Å²) in [5.41, 5.74) is 4.06. The van der Waals surface area contributed by atoms with E-state index in [4.69, 9.17) is 0 Å². The average Bonchev–Trinajstić information content (AvgIpc) is 2.72. The van der Waals surface area contributed by atoms with Crippen molar-refractivity contribution in [3.05, 3.63) is 70.8 Å². The Labute approximate surface area is 167 Å². The lowest BCUT2D eigenvalue weighted by molar-refractivity contribution is 0.0950. The van der Waals surface area contributed by atoms with Gasteiger partial charge in [0.1, 0.15) is 0 Å². The first-order valence-corrected chi connectivity index (χ1v) is 10.0. The van der Waals surface area contributed by atoms with Crippen LogP contribution in [-0.2, 0) is 6.54 Å². The molecule has 5 heteroatoms. The molecule has 0 saturated carbocycles. The molecule has 0 aromatic heterocycles. The number of hydrogen-bond acceptors (Lipinski definition) is 2. The molecule has 2 N–H and O–H groups in total. The number of carbonyl (C=O) groups excluding carboxylic acids is 2. The maximum absolute atomic E-state index is 12.6. The maximum atomic E-state index is 12.6. The number of likely N-dealkylation sites (tertiary alicyclic amines) is 1. The van der Waals surface area contributed by atoms with Gasteiger partial charge in [-0.05, 0) is 49.9 Å². The molecule has 1 fully saturated rings. The average molecular weight is 380 g/mol. The van der Waals surface area contributed by atoms with Gasteiger partial charge in [-0.1, -0.05) is 42.0 Å². The van der Waals surface area contributed by atoms with Crippen molar-refractivity contribution in [2.75, 3.05) is 19.6 Å². The minimum atomic E-state index is -0.0697. The summed E-state index contributed by atoms with van der Waals surface area (Å²) in [7, 11) is 0. The molecule has 0 radical (unpaired) electrons. The molecule has 0 aliphatic carbocycles. The van der Waals surface area contributed by atoms with Crippen LogP contribution in [0.25, 0.3) is 0 Å². The summed E-state index contributed by atoms with van der Waals surface area (Å²) in [4.78, 5) is 26.6. The Morgan fingerprint density at radius 3 is 2.71 bits per heavy atom. The van der Waals surface area contributed by atoms with Crippen LogP contribution >= 0.6 is 0 Å². The zero-order chi connectivity index (χ0) is 19.9. The first-order valence-electron chi connectivity index (χ1n) is 10.0. The molecule has 1 aliphatic rings. The van der Waals surface area contributed by atoms with E-state index in [1.54, 1.807) is 0 Å². The van der Waals surface area contributed by atoms with E-state index in [2.05, 4.69) is 22.8 Å². The second-order valence-corrected chi connectivity index (χ2v) is 7.42. The summed E-state index contributed by atoms with van der Waals surface area (Å²) in [5.74, 6) is 0.195. The van der Waals surface area contributed by atoms with Crippen LogP contribution in [0, 0.1) is 6.92 Å². The number of aryl methyl sites for hydroxylation is 1. The molecular formula is C23H29N3O2. The van der Waals surface area contributed by atoms with Crippen LogP contribution < -0.4 is 10.6 Å². The van der Waals surface area contributed by atoms with E-state index in [9.17, 15) is 9.59 Å². The van der Waals surface area contributed by atoms with Crippen molar-refractivity contribution in [2.24, 2.45) is 0 Å². The monoisotopic (exact) mass is 379 g/mol. The van der Waals surface area contributed by atoms with Crippen molar-refractivity contribution in [1.82, 2.24) is 15.5 Å². The Hall–Kier alpha value is -2.82. The molecule has 3 amide bonds. The first kappa shape index (κ1) is 19.9. The van der Waals surface area contributed by atoms with Gasteiger partial charge in [0.25, 0.3) is 5.91 Å². The molecule has 148 valence electrons. The number of rotatable bonds is 5. The van der Waals surface area contributed by atoms with Crippen molar-refractivity contribution in [1.29, 1.82) is 0 Å². The standard InChI is InChI=1S/C23H29N3O2/c1-3-24-23(28)26-12-6-11-21(16-26)19-9-5-10-20(14-19)22(27)25-15-18-8-4-7-17(2)13-18/h4-5,7-10,13-14,21H,3,6,11-12,15-16H2,1-2H3,(H,24,28)(H,25,27)/t21-/m1/s1. The summed E-state index contributed by atoms with van der Waals surface area (Å²) in [5, 5.41) is 5.88. The second-order valence-electron chi connectivity index (χ2n) is 7.42. The lowest BCUT2D eigenvalue weighted by Gasteiger charge is -2.33. The normalized spacial score (nSPS) is 16.5. The predicted molar refractivity (Wildman–Crippen MR) is 111 cm³/mol. The van der Waals surface area contributed by atoms with Gasteiger partial charge in [0, 0.05) is 37.7 Å². The minimum Gasteiger partial charge on any atom is -0.348 e. The molecule has 3 rings (SSSR count). The summed E-state index contributed by atoms with van der Waals surface area (Å²) in [6.07, 6.45) is 2.01. The van der Waals surface area contributed by atoms with Gasteiger partial charge in [-0.2, -0.15) is 0 Å². The highest BCUT2D eigenvalue weighted by molar-refractivity contribution is 5.94. The fourth-order valence-corrected chi connectivity index (χ4v) is 3.74. The molecule has 2 aromatic rings. The number of amides is 3. The first-order chi connectivity index (χ1) is 13.6. The molecule has 1 saturated heterocycles. The van der Waals surface area contributed by atoms with Crippen LogP contribution in [0.3, 0.4) is 0 Å². The minimum absolute atomic E-state index is 0.000692. The van der Waals surface area contributed by atoms with Crippen molar-refractivity contribution in [2.45, 2.75) is 39.2 Å². The van der Waals surface area contributed by atoms with E-state index in [0.717, 1.165) is 30.5 Å². The molecule has 1 aliphatic heterocycles. The molecule has 0 unspecified atom stereocenters. The fourth-order valence-electron chi connectivity index (χ4n) is 3.74. The zero-order valence-electron chi connectivity index (χ0n) is 16.7. The van der Waals surface area contributed by atoms with Crippen LogP contribution in [0.5, 0.6) is 0 Å². The van der Waals surface area contributed by atoms with Gasteiger partial charge in [0.15, 0.2) is 0 Å². The van der Waals surface area contributed by atoms with Gasteiger partial charge in [0.05, 0.1) is 0 Å². The summed E-state index contributed by atoms with van der Waals surface area (Å²) in [6.45, 7) is 6.61. The molecule has 0 spiro atoms. The van der Waals surface area contributed by atoms with Crippen molar-refractivity contribution in [3.8, 4) is 0 Å². The van der Waals surface area contributed by atoms with Crippen LogP contribution in [-0.4, -0.2) is 36.5 Å². The van der Waals surface area contributed by atoms with E-state index in [1.807, 2.05) is 55.1 Å². The predicted octanol–water partition coefficient (Wildman–Crippen LogP) is 3.83. The fraction of sp³-hybridized carbons (Fsp3) is 0.391. The number of nitrogens with zero attached hydrogens (tertiary/aromatic N) is 1. The highest BCUT2D eigenvalue weighted by Gasteiger charge is 2.24. The lowest BCUT2D eigenvalue weighted by Crippen LogP contribution is -2.44. The van der Waals surface area contributed by atoms with Crippen molar-refractivity contribution in [3.63, 3.8) is 0 Å². The number of hydrogen-bond donors (Lipinski definition) is 2. The number of urea groups is 1. The third-order valence-corrected chi connectivity index (χ3v) is 5.19. The van der Waals surface area contributed by atoms with E-state index in [0.29, 0.717) is 25.2 Å².